The average molecular weight is 826 g/mol. The second-order valence-corrected chi connectivity index (χ2v) is 13.4. The summed E-state index contributed by atoms with van der Waals surface area (Å²) < 4.78 is 300. The van der Waals surface area contributed by atoms with Crippen LogP contribution in [0.1, 0.15) is 12.8 Å². The van der Waals surface area contributed by atoms with Crippen molar-refractivity contribution in [3.05, 3.63) is 0 Å². The molecule has 1 N–H and O–H groups in total. The van der Waals surface area contributed by atoms with Gasteiger partial charge in [0, 0.05) is 20.2 Å². The van der Waals surface area contributed by atoms with E-state index in [0.717, 1.165) is 0 Å². The van der Waals surface area contributed by atoms with E-state index in [1.165, 1.54) is 0 Å². The number of ether oxygens (including phenoxy) is 4. The molecule has 0 radical (unpaired) electrons. The number of hydrogen-bond donors (Lipinski definition) is 1. The van der Waals surface area contributed by atoms with Crippen molar-refractivity contribution in [3.63, 3.8) is 0 Å². The predicted molar refractivity (Wildman–Crippen MR) is 131 cm³/mol. The van der Waals surface area contributed by atoms with Crippen LogP contribution in [0.25, 0.3) is 0 Å². The number of likely N-dealkylation sites (N-methyl/N-ethyl adjacent to an activating group) is 1. The van der Waals surface area contributed by atoms with Gasteiger partial charge in [-0.2, -0.15) is 87.4 Å². The number of unbranched alkanes of at least 4 members (excludes halogenated alkanes) is 1. The summed E-state index contributed by atoms with van der Waals surface area (Å²) in [5, 5.41) is -7.64. The number of alkyl halides is 17. The van der Waals surface area contributed by atoms with Crippen molar-refractivity contribution >= 4 is 20.1 Å². The molecular formula is C21H28F17NO9S2. The highest BCUT2D eigenvalue weighted by Crippen LogP contribution is 2.64. The molecule has 50 heavy (non-hydrogen) atoms. The van der Waals surface area contributed by atoms with Gasteiger partial charge in [0.15, 0.2) is 0 Å². The van der Waals surface area contributed by atoms with Crippen LogP contribution in [0.15, 0.2) is 0 Å². The van der Waals surface area contributed by atoms with Gasteiger partial charge in [0.05, 0.1) is 52.0 Å². The maximum atomic E-state index is 14.2. The van der Waals surface area contributed by atoms with Crippen LogP contribution >= 0.6 is 0 Å². The SMILES string of the molecule is CN(CCOCCOCCOCCOCCCCS(=O)(=O)O)S(=O)(=O)C(F)(F)C(F)(F)C(F)(F)C(F)(F)C(F)(F)C(F)(F)C(F)(F)C(F)(F)F. The van der Waals surface area contributed by atoms with Gasteiger partial charge in [-0.15, -0.1) is 0 Å². The third-order valence-corrected chi connectivity index (χ3v) is 8.75. The molecule has 0 aliphatic rings. The van der Waals surface area contributed by atoms with Gasteiger partial charge in [0.2, 0.25) is 0 Å². The molecule has 0 aliphatic carbocycles. The van der Waals surface area contributed by atoms with Crippen molar-refractivity contribution in [3.8, 4) is 0 Å². The fourth-order valence-electron chi connectivity index (χ4n) is 3.07. The highest BCUT2D eigenvalue weighted by atomic mass is 32.2. The zero-order valence-corrected chi connectivity index (χ0v) is 26.5. The van der Waals surface area contributed by atoms with E-state index in [4.69, 9.17) is 18.8 Å². The number of rotatable bonds is 25. The van der Waals surface area contributed by atoms with Crippen LogP contribution in [0.5, 0.6) is 0 Å². The second-order valence-electron chi connectivity index (χ2n) is 9.73. The van der Waals surface area contributed by atoms with E-state index < -0.39 is 96.9 Å². The molecule has 0 spiro atoms. The van der Waals surface area contributed by atoms with E-state index >= 15 is 0 Å². The molecule has 0 unspecified atom stereocenters. The van der Waals surface area contributed by atoms with Crippen LogP contribution in [0, 0.1) is 0 Å². The fraction of sp³-hybridized carbons (Fsp3) is 1.00. The van der Waals surface area contributed by atoms with Crippen molar-refractivity contribution in [2.45, 2.75) is 59.8 Å². The second kappa shape index (κ2) is 17.1. The lowest BCUT2D eigenvalue weighted by atomic mass is 9.91. The smallest absolute Gasteiger partial charge is 0.379 e. The topological polar surface area (TPSA) is 129 Å². The van der Waals surface area contributed by atoms with Crippen LogP contribution in [0.2, 0.25) is 0 Å². The van der Waals surface area contributed by atoms with E-state index in [-0.39, 0.29) is 53.1 Å². The highest BCUT2D eigenvalue weighted by Gasteiger charge is 2.96. The van der Waals surface area contributed by atoms with Crippen LogP contribution in [0.3, 0.4) is 0 Å². The van der Waals surface area contributed by atoms with Gasteiger partial charge in [-0.05, 0) is 12.8 Å². The molecule has 0 aromatic carbocycles. The number of halogens is 17. The van der Waals surface area contributed by atoms with Crippen LogP contribution in [0.4, 0.5) is 74.6 Å². The van der Waals surface area contributed by atoms with Crippen LogP contribution in [-0.4, -0.2) is 145 Å². The summed E-state index contributed by atoms with van der Waals surface area (Å²) in [5.74, 6) is -52.4. The van der Waals surface area contributed by atoms with Gasteiger partial charge in [-0.25, -0.2) is 8.42 Å². The molecule has 0 heterocycles. The molecule has 0 saturated heterocycles. The minimum Gasteiger partial charge on any atom is -0.379 e. The summed E-state index contributed by atoms with van der Waals surface area (Å²) in [5.41, 5.74) is 0. The highest BCUT2D eigenvalue weighted by molar-refractivity contribution is 7.90. The maximum absolute atomic E-state index is 14.2. The minimum absolute atomic E-state index is 0.0472. The Balaban J connectivity index is 5.14. The molecule has 0 atom stereocenters. The molecule has 0 aliphatic heterocycles. The number of nitrogens with zero attached hydrogens (tertiary/aromatic N) is 1. The van der Waals surface area contributed by atoms with E-state index in [0.29, 0.717) is 6.42 Å². The van der Waals surface area contributed by atoms with Gasteiger partial charge < -0.3 is 18.9 Å². The van der Waals surface area contributed by atoms with Crippen molar-refractivity contribution in [1.29, 1.82) is 0 Å². The zero-order valence-electron chi connectivity index (χ0n) is 24.9. The van der Waals surface area contributed by atoms with Crippen molar-refractivity contribution in [2.24, 2.45) is 0 Å². The van der Waals surface area contributed by atoms with Gasteiger partial charge >= 0.3 is 47.0 Å². The Morgan fingerprint density at radius 1 is 0.480 bits per heavy atom. The largest absolute Gasteiger partial charge is 0.460 e. The Bertz CT molecular complexity index is 1280. The molecule has 302 valence electrons. The van der Waals surface area contributed by atoms with Crippen molar-refractivity contribution in [1.82, 2.24) is 4.31 Å². The van der Waals surface area contributed by atoms with Crippen molar-refractivity contribution < 1.29 is 115 Å². The summed E-state index contributed by atoms with van der Waals surface area (Å²) in [6.07, 6.45) is -7.45. The molecule has 0 fully saturated rings. The summed E-state index contributed by atoms with van der Waals surface area (Å²) in [4.78, 5) is 0. The molecule has 0 aromatic rings. The molecule has 29 heteroatoms. The number of hydrogen-bond acceptors (Lipinski definition) is 8. The third-order valence-electron chi connectivity index (χ3n) is 6.04. The molecule has 0 rings (SSSR count). The summed E-state index contributed by atoms with van der Waals surface area (Å²) >= 11 is 0. The van der Waals surface area contributed by atoms with Gasteiger partial charge in [0.25, 0.3) is 20.1 Å². The third kappa shape index (κ3) is 10.3. The Hall–Kier alpha value is -1.53. The van der Waals surface area contributed by atoms with Crippen LogP contribution in [-0.2, 0) is 39.1 Å². The first-order valence-electron chi connectivity index (χ1n) is 13.1. The van der Waals surface area contributed by atoms with E-state index in [2.05, 4.69) is 4.74 Å². The minimum atomic E-state index is -8.91. The molecule has 0 saturated carbocycles. The number of sulfonamides is 1. The lowest BCUT2D eigenvalue weighted by Crippen LogP contribution is -2.75. The summed E-state index contributed by atoms with van der Waals surface area (Å²) in [7, 11) is -11.6. The van der Waals surface area contributed by atoms with Gasteiger partial charge in [-0.3, -0.25) is 4.55 Å². The first-order chi connectivity index (χ1) is 22.1. The Labute approximate surface area is 271 Å². The van der Waals surface area contributed by atoms with E-state index in [1.807, 2.05) is 0 Å². The van der Waals surface area contributed by atoms with Crippen molar-refractivity contribution in [2.75, 3.05) is 72.2 Å². The van der Waals surface area contributed by atoms with Crippen LogP contribution < -0.4 is 0 Å². The fourth-order valence-corrected chi connectivity index (χ4v) is 4.80. The normalized spacial score (nSPS) is 15.3. The molecule has 0 amide bonds. The monoisotopic (exact) mass is 825 g/mol. The first-order valence-corrected chi connectivity index (χ1v) is 16.1. The lowest BCUT2D eigenvalue weighted by Gasteiger charge is -2.42. The molecule has 0 bridgehead atoms. The standard InChI is InChI=1S/C21H28F17NO9S2/c1-39(4-6-46-8-10-48-12-11-47-9-7-45-5-2-3-13-49(40,41)42)50(43,44)21(37,38)19(32,33)17(28,29)15(24,25)14(22,23)16(26,27)18(30,31)20(34,35)36/h2-13H2,1H3,(H,40,41,42). The molecule has 10 nitrogen and oxygen atoms in total. The Morgan fingerprint density at radius 2 is 0.800 bits per heavy atom. The zero-order chi connectivity index (χ0) is 39.9. The Kier molecular flexibility index (Phi) is 16.6. The first kappa shape index (κ1) is 48.5. The van der Waals surface area contributed by atoms with E-state index in [1.54, 1.807) is 0 Å². The van der Waals surface area contributed by atoms with E-state index in [9.17, 15) is 91.5 Å². The molecule has 0 aromatic heterocycles. The molecular weight excluding hydrogens is 797 g/mol. The summed E-state index contributed by atoms with van der Waals surface area (Å²) in [6, 6.07) is 0. The maximum Gasteiger partial charge on any atom is 0.460 e. The summed E-state index contributed by atoms with van der Waals surface area (Å²) in [6.45, 7) is -3.29. The predicted octanol–water partition coefficient (Wildman–Crippen LogP) is 4.95. The average Bonchev–Trinajstić information content (AvgIpc) is 2.94. The van der Waals surface area contributed by atoms with Gasteiger partial charge in [0.1, 0.15) is 0 Å². The van der Waals surface area contributed by atoms with Gasteiger partial charge in [-0.1, -0.05) is 0 Å². The lowest BCUT2D eigenvalue weighted by molar-refractivity contribution is -0.458. The Morgan fingerprint density at radius 3 is 1.16 bits per heavy atom. The quantitative estimate of drug-likeness (QED) is 0.0774.